The molecule has 2 N–H and O–H groups in total. The molecule has 4 rings (SSSR count). The van der Waals surface area contributed by atoms with Gasteiger partial charge in [0.05, 0.1) is 6.42 Å². The van der Waals surface area contributed by atoms with Crippen molar-refractivity contribution in [2.24, 2.45) is 4.99 Å². The molecule has 150 valence electrons. The molecule has 0 aromatic heterocycles. The fourth-order valence-electron chi connectivity index (χ4n) is 3.65. The van der Waals surface area contributed by atoms with Crippen molar-refractivity contribution in [2.75, 3.05) is 36.4 Å². The Morgan fingerprint density at radius 1 is 1.03 bits per heavy atom. The largest absolute Gasteiger partial charge is 0.368 e. The summed E-state index contributed by atoms with van der Waals surface area (Å²) in [5.74, 6) is 0.0640. The average molecular weight is 391 g/mol. The molecule has 2 heterocycles. The summed E-state index contributed by atoms with van der Waals surface area (Å²) in [6, 6.07) is 17.1. The highest BCUT2D eigenvalue weighted by atomic mass is 16.2. The fourth-order valence-corrected chi connectivity index (χ4v) is 3.65. The molecule has 1 atom stereocenters. The van der Waals surface area contributed by atoms with Gasteiger partial charge in [-0.2, -0.15) is 0 Å². The second kappa shape index (κ2) is 8.34. The lowest BCUT2D eigenvalue weighted by molar-refractivity contribution is -0.125. The van der Waals surface area contributed by atoms with Crippen LogP contribution >= 0.6 is 0 Å². The quantitative estimate of drug-likeness (QED) is 0.839. The van der Waals surface area contributed by atoms with Gasteiger partial charge in [0.1, 0.15) is 6.04 Å². The Kier molecular flexibility index (Phi) is 5.46. The smallest absolute Gasteiger partial charge is 0.249 e. The maximum atomic E-state index is 12.7. The number of carbonyl (C=O) groups excluding carboxylic acids is 2. The molecular formula is C22H25N5O2. The SMILES string of the molecule is Cc1cccc(NC(=O)[C@H]2CC(=O)NC(N3CCN(c4ccccc4)CC3)=N2)c1. The summed E-state index contributed by atoms with van der Waals surface area (Å²) in [6.07, 6.45) is 0.0606. The Balaban J connectivity index is 1.41. The van der Waals surface area contributed by atoms with Gasteiger partial charge in [0.25, 0.3) is 0 Å². The van der Waals surface area contributed by atoms with E-state index in [0.717, 1.165) is 31.7 Å². The van der Waals surface area contributed by atoms with Crippen LogP contribution in [-0.2, 0) is 9.59 Å². The molecule has 0 bridgehead atoms. The summed E-state index contributed by atoms with van der Waals surface area (Å²) in [7, 11) is 0. The molecule has 29 heavy (non-hydrogen) atoms. The molecule has 0 aliphatic carbocycles. The maximum Gasteiger partial charge on any atom is 0.249 e. The molecule has 2 aliphatic rings. The van der Waals surface area contributed by atoms with Gasteiger partial charge < -0.3 is 15.1 Å². The predicted molar refractivity (Wildman–Crippen MR) is 114 cm³/mol. The van der Waals surface area contributed by atoms with Crippen LogP contribution in [0.1, 0.15) is 12.0 Å². The van der Waals surface area contributed by atoms with Crippen LogP contribution < -0.4 is 15.5 Å². The van der Waals surface area contributed by atoms with E-state index >= 15 is 0 Å². The van der Waals surface area contributed by atoms with Crippen molar-refractivity contribution >= 4 is 29.1 Å². The van der Waals surface area contributed by atoms with Crippen molar-refractivity contribution in [1.29, 1.82) is 0 Å². The van der Waals surface area contributed by atoms with Gasteiger partial charge in [-0.15, -0.1) is 0 Å². The van der Waals surface area contributed by atoms with E-state index in [0.29, 0.717) is 11.6 Å². The standard InChI is InChI=1S/C22H25N5O2/c1-16-6-5-7-17(14-16)23-21(29)19-15-20(28)25-22(24-19)27-12-10-26(11-13-27)18-8-3-2-4-9-18/h2-9,14,19H,10-13,15H2,1H3,(H,23,29)(H,24,25,28)/t19-/m1/s1. The molecule has 1 saturated heterocycles. The lowest BCUT2D eigenvalue weighted by Crippen LogP contribution is -2.56. The molecule has 0 radical (unpaired) electrons. The number of piperazine rings is 1. The molecule has 2 amide bonds. The third-order valence-corrected chi connectivity index (χ3v) is 5.20. The topological polar surface area (TPSA) is 77.0 Å². The highest BCUT2D eigenvalue weighted by Gasteiger charge is 2.30. The normalized spacial score (nSPS) is 19.4. The number of carbonyl (C=O) groups is 2. The van der Waals surface area contributed by atoms with Gasteiger partial charge in [-0.25, -0.2) is 4.99 Å². The predicted octanol–water partition coefficient (Wildman–Crippen LogP) is 2.00. The minimum absolute atomic E-state index is 0.0606. The van der Waals surface area contributed by atoms with E-state index in [1.807, 2.05) is 54.3 Å². The molecule has 0 spiro atoms. The van der Waals surface area contributed by atoms with Crippen LogP contribution in [0.2, 0.25) is 0 Å². The first kappa shape index (κ1) is 19.0. The monoisotopic (exact) mass is 391 g/mol. The number of nitrogens with zero attached hydrogens (tertiary/aromatic N) is 3. The van der Waals surface area contributed by atoms with E-state index in [4.69, 9.17) is 0 Å². The molecular weight excluding hydrogens is 366 g/mol. The van der Waals surface area contributed by atoms with Crippen LogP contribution in [0.3, 0.4) is 0 Å². The number of benzene rings is 2. The van der Waals surface area contributed by atoms with Crippen molar-refractivity contribution in [3.8, 4) is 0 Å². The molecule has 7 nitrogen and oxygen atoms in total. The van der Waals surface area contributed by atoms with Crippen molar-refractivity contribution in [3.63, 3.8) is 0 Å². The van der Waals surface area contributed by atoms with Gasteiger partial charge >= 0.3 is 0 Å². The van der Waals surface area contributed by atoms with Crippen LogP contribution in [0, 0.1) is 6.92 Å². The van der Waals surface area contributed by atoms with Crippen LogP contribution in [0.25, 0.3) is 0 Å². The Morgan fingerprint density at radius 3 is 2.48 bits per heavy atom. The zero-order valence-corrected chi connectivity index (χ0v) is 16.5. The molecule has 0 unspecified atom stereocenters. The number of anilines is 2. The summed E-state index contributed by atoms with van der Waals surface area (Å²) in [6.45, 7) is 5.10. The van der Waals surface area contributed by atoms with E-state index in [1.54, 1.807) is 0 Å². The van der Waals surface area contributed by atoms with Crippen molar-refractivity contribution < 1.29 is 9.59 Å². The second-order valence-electron chi connectivity index (χ2n) is 7.39. The van der Waals surface area contributed by atoms with Crippen LogP contribution in [0.15, 0.2) is 59.6 Å². The Bertz CT molecular complexity index is 920. The zero-order valence-electron chi connectivity index (χ0n) is 16.5. The summed E-state index contributed by atoms with van der Waals surface area (Å²) in [5.41, 5.74) is 2.97. The van der Waals surface area contributed by atoms with Gasteiger partial charge in [-0.3, -0.25) is 14.9 Å². The zero-order chi connectivity index (χ0) is 20.2. The Morgan fingerprint density at radius 2 is 1.76 bits per heavy atom. The Hall–Kier alpha value is -3.35. The van der Waals surface area contributed by atoms with Crippen LogP contribution in [0.5, 0.6) is 0 Å². The highest BCUT2D eigenvalue weighted by molar-refractivity contribution is 6.06. The first-order valence-corrected chi connectivity index (χ1v) is 9.88. The minimum atomic E-state index is -0.716. The number of hydrogen-bond donors (Lipinski definition) is 2. The average Bonchev–Trinajstić information content (AvgIpc) is 2.74. The van der Waals surface area contributed by atoms with Crippen molar-refractivity contribution in [1.82, 2.24) is 10.2 Å². The third-order valence-electron chi connectivity index (χ3n) is 5.20. The number of nitrogens with one attached hydrogen (secondary N) is 2. The number of rotatable bonds is 3. The number of guanidine groups is 1. The molecule has 7 heteroatoms. The first-order chi connectivity index (χ1) is 14.1. The van der Waals surface area contributed by atoms with Crippen LogP contribution in [-0.4, -0.2) is 54.9 Å². The summed E-state index contributed by atoms with van der Waals surface area (Å²) >= 11 is 0. The summed E-state index contributed by atoms with van der Waals surface area (Å²) < 4.78 is 0. The summed E-state index contributed by atoms with van der Waals surface area (Å²) in [4.78, 5) is 33.8. The lowest BCUT2D eigenvalue weighted by Gasteiger charge is -2.38. The van der Waals surface area contributed by atoms with Gasteiger partial charge in [0, 0.05) is 37.6 Å². The number of hydrogen-bond acceptors (Lipinski definition) is 5. The summed E-state index contributed by atoms with van der Waals surface area (Å²) in [5, 5.41) is 5.71. The van der Waals surface area contributed by atoms with E-state index in [9.17, 15) is 9.59 Å². The second-order valence-corrected chi connectivity index (χ2v) is 7.39. The molecule has 1 fully saturated rings. The van der Waals surface area contributed by atoms with Gasteiger partial charge in [0.2, 0.25) is 17.8 Å². The van der Waals surface area contributed by atoms with Gasteiger partial charge in [-0.05, 0) is 36.8 Å². The number of aryl methyl sites for hydroxylation is 1. The minimum Gasteiger partial charge on any atom is -0.368 e. The Labute approximate surface area is 170 Å². The van der Waals surface area contributed by atoms with E-state index in [-0.39, 0.29) is 18.2 Å². The number of aliphatic imine (C=N–C) groups is 1. The van der Waals surface area contributed by atoms with Gasteiger partial charge in [-0.1, -0.05) is 30.3 Å². The maximum absolute atomic E-state index is 12.7. The number of para-hydroxylation sites is 1. The third kappa shape index (κ3) is 4.56. The first-order valence-electron chi connectivity index (χ1n) is 9.88. The van der Waals surface area contributed by atoms with Crippen molar-refractivity contribution in [3.05, 3.63) is 60.2 Å². The molecule has 2 aliphatic heterocycles. The fraction of sp³-hybridized carbons (Fsp3) is 0.318. The molecule has 2 aromatic carbocycles. The number of amides is 2. The van der Waals surface area contributed by atoms with E-state index in [1.165, 1.54) is 5.69 Å². The lowest BCUT2D eigenvalue weighted by atomic mass is 10.1. The van der Waals surface area contributed by atoms with E-state index in [2.05, 4.69) is 32.7 Å². The molecule has 2 aromatic rings. The van der Waals surface area contributed by atoms with Crippen LogP contribution in [0.4, 0.5) is 11.4 Å². The van der Waals surface area contributed by atoms with E-state index < -0.39 is 6.04 Å². The highest BCUT2D eigenvalue weighted by Crippen LogP contribution is 2.17. The molecule has 0 saturated carbocycles. The van der Waals surface area contributed by atoms with Gasteiger partial charge in [0.15, 0.2) is 0 Å². The van der Waals surface area contributed by atoms with Crippen molar-refractivity contribution in [2.45, 2.75) is 19.4 Å².